The van der Waals surface area contributed by atoms with Gasteiger partial charge in [0.25, 0.3) is 0 Å². The Hall–Kier alpha value is -1.88. The molecule has 5 nitrogen and oxygen atoms in total. The highest BCUT2D eigenvalue weighted by Gasteiger charge is 2.15. The average molecular weight is 288 g/mol. The van der Waals surface area contributed by atoms with Crippen LogP contribution in [0.25, 0.3) is 11.0 Å². The number of amides is 1. The van der Waals surface area contributed by atoms with Crippen LogP contribution in [0.5, 0.6) is 0 Å². The van der Waals surface area contributed by atoms with E-state index in [1.54, 1.807) is 0 Å². The lowest BCUT2D eigenvalue weighted by Gasteiger charge is -2.19. The van der Waals surface area contributed by atoms with Gasteiger partial charge in [-0.15, -0.1) is 0 Å². The highest BCUT2D eigenvalue weighted by Crippen LogP contribution is 2.21. The first-order valence-corrected chi connectivity index (χ1v) is 7.55. The number of nitrogens with one attached hydrogen (secondary N) is 2. The normalized spacial score (nSPS) is 12.8. The van der Waals surface area contributed by atoms with E-state index in [2.05, 4.69) is 29.1 Å². The number of anilines is 1. The summed E-state index contributed by atoms with van der Waals surface area (Å²) < 4.78 is 0. The van der Waals surface area contributed by atoms with Crippen LogP contribution in [-0.4, -0.2) is 22.4 Å². The molecule has 0 aliphatic rings. The molecule has 1 aromatic heterocycles. The van der Waals surface area contributed by atoms with Gasteiger partial charge in [0.15, 0.2) is 0 Å². The van der Waals surface area contributed by atoms with Crippen molar-refractivity contribution < 1.29 is 4.79 Å². The predicted molar refractivity (Wildman–Crippen MR) is 86.0 cm³/mol. The monoisotopic (exact) mass is 288 g/mol. The summed E-state index contributed by atoms with van der Waals surface area (Å²) in [4.78, 5) is 19.5. The van der Waals surface area contributed by atoms with Gasteiger partial charge in [-0.25, -0.2) is 4.98 Å². The molecule has 0 radical (unpaired) electrons. The highest BCUT2D eigenvalue weighted by molar-refractivity contribution is 5.91. The van der Waals surface area contributed by atoms with E-state index in [1.165, 1.54) is 0 Å². The summed E-state index contributed by atoms with van der Waals surface area (Å²) in [6.07, 6.45) is 2.33. The third-order valence-electron chi connectivity index (χ3n) is 3.87. The smallest absolute Gasteiger partial charge is 0.226 e. The Balaban J connectivity index is 1.89. The van der Waals surface area contributed by atoms with E-state index in [0.717, 1.165) is 23.9 Å². The van der Waals surface area contributed by atoms with Crippen molar-refractivity contribution in [3.05, 3.63) is 24.3 Å². The number of carbonyl (C=O) groups is 1. The van der Waals surface area contributed by atoms with Crippen LogP contribution in [0, 0.1) is 11.8 Å². The Morgan fingerprint density at radius 1 is 1.33 bits per heavy atom. The number of nitrogens with two attached hydrogens (primary N) is 1. The SMILES string of the molecule is CC(C)C(CCN)CCC(=O)Nc1nc2ccccc2[nH]1. The van der Waals surface area contributed by atoms with Crippen molar-refractivity contribution in [1.29, 1.82) is 0 Å². The van der Waals surface area contributed by atoms with Gasteiger partial charge in [-0.05, 0) is 43.4 Å². The molecule has 2 aromatic rings. The van der Waals surface area contributed by atoms with Gasteiger partial charge in [-0.2, -0.15) is 0 Å². The maximum Gasteiger partial charge on any atom is 0.226 e. The fourth-order valence-corrected chi connectivity index (χ4v) is 2.55. The molecule has 0 aliphatic heterocycles. The highest BCUT2D eigenvalue weighted by atomic mass is 16.1. The van der Waals surface area contributed by atoms with E-state index >= 15 is 0 Å². The molecule has 1 heterocycles. The Labute approximate surface area is 125 Å². The second kappa shape index (κ2) is 7.22. The molecule has 4 N–H and O–H groups in total. The third-order valence-corrected chi connectivity index (χ3v) is 3.87. The molecule has 0 bridgehead atoms. The first kappa shape index (κ1) is 15.5. The van der Waals surface area contributed by atoms with E-state index in [4.69, 9.17) is 5.73 Å². The van der Waals surface area contributed by atoms with Crippen LogP contribution in [0.3, 0.4) is 0 Å². The van der Waals surface area contributed by atoms with Gasteiger partial charge in [0.05, 0.1) is 11.0 Å². The maximum absolute atomic E-state index is 12.0. The number of para-hydroxylation sites is 2. The zero-order chi connectivity index (χ0) is 15.2. The number of benzene rings is 1. The van der Waals surface area contributed by atoms with Crippen molar-refractivity contribution in [2.45, 2.75) is 33.1 Å². The van der Waals surface area contributed by atoms with Gasteiger partial charge < -0.3 is 10.7 Å². The Morgan fingerprint density at radius 2 is 2.10 bits per heavy atom. The second-order valence-electron chi connectivity index (χ2n) is 5.77. The summed E-state index contributed by atoms with van der Waals surface area (Å²) in [5.41, 5.74) is 7.41. The predicted octanol–water partition coefficient (Wildman–Crippen LogP) is 2.90. The molecule has 114 valence electrons. The largest absolute Gasteiger partial charge is 0.330 e. The number of hydrogen-bond acceptors (Lipinski definition) is 3. The minimum atomic E-state index is -0.00303. The molecule has 0 aliphatic carbocycles. The van der Waals surface area contributed by atoms with Crippen LogP contribution in [0.2, 0.25) is 0 Å². The van der Waals surface area contributed by atoms with Gasteiger partial charge in [0.2, 0.25) is 11.9 Å². The van der Waals surface area contributed by atoms with Crippen LogP contribution in [0.15, 0.2) is 24.3 Å². The van der Waals surface area contributed by atoms with E-state index in [-0.39, 0.29) is 5.91 Å². The number of nitrogens with zero attached hydrogens (tertiary/aromatic N) is 1. The van der Waals surface area contributed by atoms with Crippen LogP contribution in [0.4, 0.5) is 5.95 Å². The fourth-order valence-electron chi connectivity index (χ4n) is 2.55. The summed E-state index contributed by atoms with van der Waals surface area (Å²) in [6, 6.07) is 7.71. The van der Waals surface area contributed by atoms with Gasteiger partial charge >= 0.3 is 0 Å². The zero-order valence-electron chi connectivity index (χ0n) is 12.7. The lowest BCUT2D eigenvalue weighted by Crippen LogP contribution is -2.18. The van der Waals surface area contributed by atoms with Crippen molar-refractivity contribution >= 4 is 22.9 Å². The van der Waals surface area contributed by atoms with E-state index in [0.29, 0.717) is 30.7 Å². The van der Waals surface area contributed by atoms with E-state index in [1.807, 2.05) is 24.3 Å². The molecular weight excluding hydrogens is 264 g/mol. The van der Waals surface area contributed by atoms with Crippen molar-refractivity contribution in [2.75, 3.05) is 11.9 Å². The summed E-state index contributed by atoms with van der Waals surface area (Å²) in [5.74, 6) is 1.56. The van der Waals surface area contributed by atoms with Gasteiger partial charge in [0.1, 0.15) is 0 Å². The summed E-state index contributed by atoms with van der Waals surface area (Å²) in [7, 11) is 0. The molecule has 1 aromatic carbocycles. The lowest BCUT2D eigenvalue weighted by atomic mass is 9.88. The Bertz CT molecular complexity index is 558. The van der Waals surface area contributed by atoms with Crippen LogP contribution in [0.1, 0.15) is 33.1 Å². The van der Waals surface area contributed by atoms with Crippen LogP contribution < -0.4 is 11.1 Å². The van der Waals surface area contributed by atoms with Crippen molar-refractivity contribution in [3.63, 3.8) is 0 Å². The third kappa shape index (κ3) is 4.29. The lowest BCUT2D eigenvalue weighted by molar-refractivity contribution is -0.116. The Morgan fingerprint density at radius 3 is 2.76 bits per heavy atom. The number of H-pyrrole nitrogens is 1. The number of hydrogen-bond donors (Lipinski definition) is 3. The molecule has 0 fully saturated rings. The quantitative estimate of drug-likeness (QED) is 0.732. The number of fused-ring (bicyclic) bond motifs is 1. The molecule has 21 heavy (non-hydrogen) atoms. The molecule has 0 saturated carbocycles. The minimum Gasteiger partial charge on any atom is -0.330 e. The van der Waals surface area contributed by atoms with Crippen molar-refractivity contribution in [3.8, 4) is 0 Å². The summed E-state index contributed by atoms with van der Waals surface area (Å²) >= 11 is 0. The number of rotatable bonds is 7. The van der Waals surface area contributed by atoms with E-state index in [9.17, 15) is 4.79 Å². The zero-order valence-corrected chi connectivity index (χ0v) is 12.7. The fraction of sp³-hybridized carbons (Fsp3) is 0.500. The molecular formula is C16H24N4O. The first-order valence-electron chi connectivity index (χ1n) is 7.55. The minimum absolute atomic E-state index is 0.00303. The van der Waals surface area contributed by atoms with Crippen LogP contribution in [-0.2, 0) is 4.79 Å². The van der Waals surface area contributed by atoms with Crippen molar-refractivity contribution in [2.24, 2.45) is 17.6 Å². The van der Waals surface area contributed by atoms with Gasteiger partial charge in [0, 0.05) is 6.42 Å². The molecule has 0 spiro atoms. The Kier molecular flexibility index (Phi) is 5.33. The number of aromatic amines is 1. The molecule has 0 saturated heterocycles. The summed E-state index contributed by atoms with van der Waals surface area (Å²) in [5, 5.41) is 2.83. The van der Waals surface area contributed by atoms with Gasteiger partial charge in [-0.1, -0.05) is 26.0 Å². The van der Waals surface area contributed by atoms with Crippen molar-refractivity contribution in [1.82, 2.24) is 9.97 Å². The van der Waals surface area contributed by atoms with Crippen LogP contribution >= 0.6 is 0 Å². The number of aromatic nitrogens is 2. The molecule has 5 heteroatoms. The number of carbonyl (C=O) groups excluding carboxylic acids is 1. The average Bonchev–Trinajstić information content (AvgIpc) is 2.85. The molecule has 1 unspecified atom stereocenters. The summed E-state index contributed by atoms with van der Waals surface area (Å²) in [6.45, 7) is 5.03. The molecule has 1 amide bonds. The first-order chi connectivity index (χ1) is 10.1. The standard InChI is InChI=1S/C16H24N4O/c1-11(2)12(9-10-17)7-8-15(21)20-16-18-13-5-3-4-6-14(13)19-16/h3-6,11-12H,7-10,17H2,1-2H3,(H2,18,19,20,21). The maximum atomic E-state index is 12.0. The number of imidazole rings is 1. The van der Waals surface area contributed by atoms with Gasteiger partial charge in [-0.3, -0.25) is 10.1 Å². The topological polar surface area (TPSA) is 83.8 Å². The molecule has 2 rings (SSSR count). The second-order valence-corrected chi connectivity index (χ2v) is 5.77. The van der Waals surface area contributed by atoms with E-state index < -0.39 is 0 Å². The molecule has 1 atom stereocenters.